The van der Waals surface area contributed by atoms with Gasteiger partial charge in [0.15, 0.2) is 5.58 Å². The van der Waals surface area contributed by atoms with E-state index in [0.29, 0.717) is 24.4 Å². The number of cyclic esters (lactones) is 1. The molecule has 1 saturated heterocycles. The Balaban J connectivity index is 1.19. The van der Waals surface area contributed by atoms with E-state index in [1.807, 2.05) is 48.3 Å². The molecule has 4 aromatic rings. The average molecular weight is 460 g/mol. The van der Waals surface area contributed by atoms with Crippen molar-refractivity contribution in [1.82, 2.24) is 19.2 Å². The predicted octanol–water partition coefficient (Wildman–Crippen LogP) is 2.87. The predicted molar refractivity (Wildman–Crippen MR) is 123 cm³/mol. The lowest BCUT2D eigenvalue weighted by atomic mass is 9.94. The van der Waals surface area contributed by atoms with Crippen molar-refractivity contribution in [2.75, 3.05) is 19.7 Å². The minimum atomic E-state index is -0.382. The van der Waals surface area contributed by atoms with Crippen molar-refractivity contribution in [3.8, 4) is 5.69 Å². The number of esters is 1. The topological polar surface area (TPSA) is 91.7 Å². The van der Waals surface area contributed by atoms with E-state index in [2.05, 4.69) is 10.00 Å². The van der Waals surface area contributed by atoms with E-state index >= 15 is 0 Å². The third-order valence-electron chi connectivity index (χ3n) is 6.79. The fourth-order valence-corrected chi connectivity index (χ4v) is 4.85. The maximum atomic E-state index is 11.9. The molecular weight excluding hydrogens is 436 g/mol. The number of aryl methyl sites for hydroxylation is 1. The number of hydrogen-bond donors (Lipinski definition) is 0. The van der Waals surface area contributed by atoms with Gasteiger partial charge in [0.1, 0.15) is 6.61 Å². The molecule has 0 spiro atoms. The SMILES string of the molecule is Cc1c([C@@H]2CN(Cc3cnn(-c4ccc5oc(=O)n(C)c5c4)c3)CCO2)ccc2c1COC2=O. The Morgan fingerprint density at radius 1 is 1.18 bits per heavy atom. The molecule has 0 N–H and O–H groups in total. The lowest BCUT2D eigenvalue weighted by Crippen LogP contribution is -2.38. The largest absolute Gasteiger partial charge is 0.457 e. The molecule has 2 aromatic heterocycles. The first-order valence-corrected chi connectivity index (χ1v) is 11.2. The number of morpholine rings is 1. The Morgan fingerprint density at radius 3 is 2.94 bits per heavy atom. The quantitative estimate of drug-likeness (QED) is 0.433. The molecule has 174 valence electrons. The van der Waals surface area contributed by atoms with E-state index in [1.165, 1.54) is 4.57 Å². The summed E-state index contributed by atoms with van der Waals surface area (Å²) >= 11 is 0. The highest BCUT2D eigenvalue weighted by Crippen LogP contribution is 2.32. The van der Waals surface area contributed by atoms with Gasteiger partial charge in [-0.3, -0.25) is 9.47 Å². The van der Waals surface area contributed by atoms with E-state index in [4.69, 9.17) is 13.9 Å². The van der Waals surface area contributed by atoms with Gasteiger partial charge in [-0.05, 0) is 42.3 Å². The molecule has 0 unspecified atom stereocenters. The monoisotopic (exact) mass is 460 g/mol. The van der Waals surface area contributed by atoms with Crippen LogP contribution in [0.25, 0.3) is 16.8 Å². The molecule has 0 saturated carbocycles. The zero-order valence-electron chi connectivity index (χ0n) is 19.0. The van der Waals surface area contributed by atoms with Crippen molar-refractivity contribution in [3.63, 3.8) is 0 Å². The summed E-state index contributed by atoms with van der Waals surface area (Å²) in [6, 6.07) is 9.42. The van der Waals surface area contributed by atoms with E-state index in [1.54, 1.807) is 13.1 Å². The number of fused-ring (bicyclic) bond motifs is 2. The first kappa shape index (κ1) is 20.9. The fourth-order valence-electron chi connectivity index (χ4n) is 4.85. The van der Waals surface area contributed by atoms with E-state index in [9.17, 15) is 9.59 Å². The van der Waals surface area contributed by atoms with Crippen molar-refractivity contribution in [3.05, 3.63) is 81.1 Å². The molecule has 2 aliphatic heterocycles. The molecule has 2 aliphatic rings. The molecule has 0 aliphatic carbocycles. The zero-order valence-corrected chi connectivity index (χ0v) is 19.0. The van der Waals surface area contributed by atoms with Crippen LogP contribution in [0.4, 0.5) is 0 Å². The highest BCUT2D eigenvalue weighted by atomic mass is 16.5. The Kier molecular flexibility index (Phi) is 4.89. The second-order valence-electron chi connectivity index (χ2n) is 8.85. The molecule has 1 atom stereocenters. The number of benzene rings is 2. The minimum absolute atomic E-state index is 0.0606. The number of rotatable bonds is 4. The second-order valence-corrected chi connectivity index (χ2v) is 8.85. The summed E-state index contributed by atoms with van der Waals surface area (Å²) in [5.41, 5.74) is 7.05. The van der Waals surface area contributed by atoms with Crippen LogP contribution in [-0.2, 0) is 29.7 Å². The molecule has 6 rings (SSSR count). The van der Waals surface area contributed by atoms with Gasteiger partial charge in [-0.15, -0.1) is 0 Å². The molecule has 0 amide bonds. The van der Waals surface area contributed by atoms with Gasteiger partial charge in [-0.25, -0.2) is 14.3 Å². The van der Waals surface area contributed by atoms with Crippen molar-refractivity contribution in [2.45, 2.75) is 26.2 Å². The maximum absolute atomic E-state index is 11.9. The summed E-state index contributed by atoms with van der Waals surface area (Å²) in [5, 5.41) is 4.53. The minimum Gasteiger partial charge on any atom is -0.457 e. The van der Waals surface area contributed by atoms with Gasteiger partial charge < -0.3 is 13.9 Å². The summed E-state index contributed by atoms with van der Waals surface area (Å²) in [5.74, 6) is -0.630. The van der Waals surface area contributed by atoms with Crippen molar-refractivity contribution in [2.24, 2.45) is 7.05 Å². The van der Waals surface area contributed by atoms with Crippen molar-refractivity contribution >= 4 is 17.1 Å². The van der Waals surface area contributed by atoms with Crippen molar-refractivity contribution < 1.29 is 18.7 Å². The van der Waals surface area contributed by atoms with Gasteiger partial charge in [0, 0.05) is 44.0 Å². The van der Waals surface area contributed by atoms with Crippen LogP contribution in [0.3, 0.4) is 0 Å². The Bertz CT molecular complexity index is 1480. The van der Waals surface area contributed by atoms with Gasteiger partial charge in [-0.1, -0.05) is 6.07 Å². The lowest BCUT2D eigenvalue weighted by molar-refractivity contribution is -0.0332. The molecule has 0 radical (unpaired) electrons. The van der Waals surface area contributed by atoms with E-state index < -0.39 is 0 Å². The third kappa shape index (κ3) is 3.44. The normalized spacial score (nSPS) is 18.4. The number of aromatic nitrogens is 3. The molecule has 0 bridgehead atoms. The summed E-state index contributed by atoms with van der Waals surface area (Å²) in [6.07, 6.45) is 3.81. The van der Waals surface area contributed by atoms with Crippen LogP contribution >= 0.6 is 0 Å². The summed E-state index contributed by atoms with van der Waals surface area (Å²) < 4.78 is 19.8. The van der Waals surface area contributed by atoms with Crippen LogP contribution in [0.1, 0.15) is 38.7 Å². The van der Waals surface area contributed by atoms with E-state index in [-0.39, 0.29) is 17.8 Å². The van der Waals surface area contributed by atoms with Crippen LogP contribution in [0, 0.1) is 6.92 Å². The molecule has 9 nitrogen and oxygen atoms in total. The first-order chi connectivity index (χ1) is 16.5. The molecule has 9 heteroatoms. The Morgan fingerprint density at radius 2 is 2.06 bits per heavy atom. The average Bonchev–Trinajstić information content (AvgIpc) is 3.53. The summed E-state index contributed by atoms with van der Waals surface area (Å²) in [7, 11) is 1.69. The third-order valence-corrected chi connectivity index (χ3v) is 6.79. The van der Waals surface area contributed by atoms with Gasteiger partial charge in [-0.2, -0.15) is 5.10 Å². The molecule has 34 heavy (non-hydrogen) atoms. The number of hydrogen-bond acceptors (Lipinski definition) is 7. The summed E-state index contributed by atoms with van der Waals surface area (Å²) in [6.45, 7) is 5.34. The smallest absolute Gasteiger partial charge is 0.419 e. The second kappa shape index (κ2) is 7.96. The van der Waals surface area contributed by atoms with Crippen LogP contribution in [0.2, 0.25) is 0 Å². The molecule has 2 aromatic carbocycles. The standard InChI is InChI=1S/C25H24N4O5/c1-15-18(4-5-19-20(15)14-33-24(19)30)23-13-28(7-8-32-23)11-16-10-26-29(12-16)17-3-6-22-21(9-17)27(2)25(31)34-22/h3-6,9-10,12,23H,7-8,11,13-14H2,1-2H3/t23-/m0/s1. The highest BCUT2D eigenvalue weighted by molar-refractivity contribution is 5.94. The van der Waals surface area contributed by atoms with Crippen LogP contribution in [0.15, 0.2) is 51.9 Å². The van der Waals surface area contributed by atoms with Gasteiger partial charge in [0.25, 0.3) is 0 Å². The van der Waals surface area contributed by atoms with Crippen LogP contribution in [0.5, 0.6) is 0 Å². The number of ether oxygens (including phenoxy) is 2. The number of nitrogens with zero attached hydrogens (tertiary/aromatic N) is 4. The highest BCUT2D eigenvalue weighted by Gasteiger charge is 2.29. The molecule has 4 heterocycles. The van der Waals surface area contributed by atoms with Gasteiger partial charge in [0.05, 0.1) is 35.7 Å². The fraction of sp³-hybridized carbons (Fsp3) is 0.320. The van der Waals surface area contributed by atoms with E-state index in [0.717, 1.165) is 53.1 Å². The number of carbonyl (C=O) groups is 1. The maximum Gasteiger partial charge on any atom is 0.419 e. The van der Waals surface area contributed by atoms with Gasteiger partial charge >= 0.3 is 11.7 Å². The Labute approximate surface area is 195 Å². The first-order valence-electron chi connectivity index (χ1n) is 11.2. The van der Waals surface area contributed by atoms with Crippen LogP contribution < -0.4 is 5.76 Å². The van der Waals surface area contributed by atoms with Gasteiger partial charge in [0.2, 0.25) is 0 Å². The molecular formula is C25H24N4O5. The van der Waals surface area contributed by atoms with Crippen molar-refractivity contribution in [1.29, 1.82) is 0 Å². The Hall–Kier alpha value is -3.69. The number of carbonyl (C=O) groups excluding carboxylic acids is 1. The zero-order chi connectivity index (χ0) is 23.4. The lowest BCUT2D eigenvalue weighted by Gasteiger charge is -2.33. The number of oxazole rings is 1. The molecule has 1 fully saturated rings. The summed E-state index contributed by atoms with van der Waals surface area (Å²) in [4.78, 5) is 26.0. The van der Waals surface area contributed by atoms with Crippen LogP contribution in [-0.4, -0.2) is 44.9 Å².